The first-order valence-corrected chi connectivity index (χ1v) is 13.4. The van der Waals surface area contributed by atoms with Gasteiger partial charge in [-0.1, -0.05) is 26.0 Å². The van der Waals surface area contributed by atoms with Crippen LogP contribution in [0.3, 0.4) is 0 Å². The van der Waals surface area contributed by atoms with Crippen LogP contribution in [0.4, 0.5) is 0 Å². The molecule has 1 aliphatic rings. The minimum Gasteiger partial charge on any atom is -0.473 e. The molecule has 5 rings (SSSR count). The molecule has 0 saturated heterocycles. The van der Waals surface area contributed by atoms with Gasteiger partial charge in [0, 0.05) is 42.2 Å². The summed E-state index contributed by atoms with van der Waals surface area (Å²) in [6.45, 7) is 10.4. The second kappa shape index (κ2) is 10.00. The number of aryl methyl sites for hydroxylation is 1. The van der Waals surface area contributed by atoms with Gasteiger partial charge in [-0.2, -0.15) is 5.10 Å². The van der Waals surface area contributed by atoms with Crippen molar-refractivity contribution in [2.45, 2.75) is 59.3 Å². The molecule has 0 fully saturated rings. The van der Waals surface area contributed by atoms with Crippen molar-refractivity contribution in [1.82, 2.24) is 29.6 Å². The van der Waals surface area contributed by atoms with Gasteiger partial charge in [-0.05, 0) is 45.2 Å². The molecule has 10 heteroatoms. The van der Waals surface area contributed by atoms with Crippen molar-refractivity contribution in [2.75, 3.05) is 6.54 Å². The van der Waals surface area contributed by atoms with Crippen LogP contribution in [0.1, 0.15) is 51.5 Å². The summed E-state index contributed by atoms with van der Waals surface area (Å²) in [5.41, 5.74) is 2.09. The number of rotatable bonds is 7. The topological polar surface area (TPSA) is 127 Å². The van der Waals surface area contributed by atoms with E-state index in [9.17, 15) is 14.7 Å². The number of ether oxygens (including phenoxy) is 1. The number of fused-ring (bicyclic) bond motifs is 2. The van der Waals surface area contributed by atoms with Crippen molar-refractivity contribution in [3.8, 4) is 17.0 Å². The van der Waals surface area contributed by atoms with Gasteiger partial charge in [0.1, 0.15) is 28.3 Å². The summed E-state index contributed by atoms with van der Waals surface area (Å²) in [7, 11) is 1.68. The number of nitrogens with one attached hydrogen (secondary N) is 2. The Morgan fingerprint density at radius 2 is 2.00 bits per heavy atom. The molecule has 0 spiro atoms. The number of carbonyl (C=O) groups excluding carboxylic acids is 1. The molecule has 4 aromatic heterocycles. The maximum Gasteiger partial charge on any atom is 0.274 e. The van der Waals surface area contributed by atoms with E-state index in [0.29, 0.717) is 57.7 Å². The fourth-order valence-corrected chi connectivity index (χ4v) is 5.29. The van der Waals surface area contributed by atoms with Gasteiger partial charge in [0.05, 0.1) is 18.3 Å². The highest BCUT2D eigenvalue weighted by Gasteiger charge is 2.29. The van der Waals surface area contributed by atoms with E-state index in [1.807, 2.05) is 13.0 Å². The van der Waals surface area contributed by atoms with E-state index in [4.69, 9.17) is 9.72 Å². The zero-order valence-corrected chi connectivity index (χ0v) is 23.3. The lowest BCUT2D eigenvalue weighted by Crippen LogP contribution is -2.33. The molecule has 1 aliphatic carbocycles. The Kier molecular flexibility index (Phi) is 6.84. The Morgan fingerprint density at radius 3 is 2.69 bits per heavy atom. The number of aromatic nitrogens is 5. The van der Waals surface area contributed by atoms with Crippen LogP contribution in [-0.4, -0.2) is 53.6 Å². The van der Waals surface area contributed by atoms with Crippen LogP contribution in [0.2, 0.25) is 0 Å². The van der Waals surface area contributed by atoms with Crippen LogP contribution in [-0.2, 0) is 13.6 Å². The highest BCUT2D eigenvalue weighted by Crippen LogP contribution is 2.38. The minimum absolute atomic E-state index is 0.0924. The molecule has 206 valence electrons. The molecule has 4 aromatic rings. The number of hydrogen-bond donors (Lipinski definition) is 3. The van der Waals surface area contributed by atoms with Crippen LogP contribution >= 0.6 is 0 Å². The fraction of sp³-hybridized carbons (Fsp3) is 0.448. The highest BCUT2D eigenvalue weighted by molar-refractivity contribution is 6.03. The zero-order valence-electron chi connectivity index (χ0n) is 23.3. The quantitative estimate of drug-likeness (QED) is 0.311. The molecule has 0 aromatic carbocycles. The maximum absolute atomic E-state index is 13.0. The van der Waals surface area contributed by atoms with Crippen molar-refractivity contribution in [3.05, 3.63) is 52.7 Å². The van der Waals surface area contributed by atoms with Crippen molar-refractivity contribution < 1.29 is 14.6 Å². The molecule has 4 heterocycles. The average Bonchev–Trinajstić information content (AvgIpc) is 3.46. The summed E-state index contributed by atoms with van der Waals surface area (Å²) >= 11 is 0. The molecule has 0 radical (unpaired) electrons. The number of aromatic amines is 1. The van der Waals surface area contributed by atoms with E-state index in [2.05, 4.69) is 41.4 Å². The van der Waals surface area contributed by atoms with E-state index in [1.165, 1.54) is 4.57 Å². The fourth-order valence-electron chi connectivity index (χ4n) is 5.29. The van der Waals surface area contributed by atoms with Crippen LogP contribution < -0.4 is 15.6 Å². The summed E-state index contributed by atoms with van der Waals surface area (Å²) in [4.78, 5) is 33.6. The van der Waals surface area contributed by atoms with Crippen LogP contribution in [0.25, 0.3) is 33.1 Å². The van der Waals surface area contributed by atoms with Crippen LogP contribution in [0.15, 0.2) is 41.5 Å². The van der Waals surface area contributed by atoms with Gasteiger partial charge in [-0.15, -0.1) is 0 Å². The summed E-state index contributed by atoms with van der Waals surface area (Å²) in [5, 5.41) is 18.4. The molecule has 0 saturated carbocycles. The van der Waals surface area contributed by atoms with Gasteiger partial charge in [0.25, 0.3) is 11.5 Å². The van der Waals surface area contributed by atoms with E-state index in [1.54, 1.807) is 44.0 Å². The lowest BCUT2D eigenvalue weighted by Gasteiger charge is -2.31. The highest BCUT2D eigenvalue weighted by atomic mass is 16.5. The van der Waals surface area contributed by atoms with Gasteiger partial charge in [-0.25, -0.2) is 4.98 Å². The molecule has 3 unspecified atom stereocenters. The first-order chi connectivity index (χ1) is 18.4. The van der Waals surface area contributed by atoms with E-state index in [0.717, 1.165) is 6.42 Å². The molecule has 39 heavy (non-hydrogen) atoms. The second-order valence-corrected chi connectivity index (χ2v) is 11.3. The third kappa shape index (κ3) is 5.21. The molecular formula is C29H36N6O4. The standard InChI is InChI=1S/C29H36N6O4/c1-7-30-26(36)22-11-18-20(13-34(6)28(37)24(18)31-22)19-12-21-23(14-35(33-21)15-29(4,5)38)32-27(19)39-25-16(2)9-8-10-17(25)3/h8-9,11-14,16-17,25,31,38H,7,10,15H2,1-6H3,(H,30,36). The average molecular weight is 533 g/mol. The Bertz CT molecular complexity index is 1640. The lowest BCUT2D eigenvalue weighted by atomic mass is 9.86. The third-order valence-electron chi connectivity index (χ3n) is 7.16. The van der Waals surface area contributed by atoms with Crippen molar-refractivity contribution >= 4 is 27.8 Å². The smallest absolute Gasteiger partial charge is 0.274 e. The molecule has 10 nitrogen and oxygen atoms in total. The largest absolute Gasteiger partial charge is 0.473 e. The Balaban J connectivity index is 1.73. The van der Waals surface area contributed by atoms with Crippen LogP contribution in [0.5, 0.6) is 5.88 Å². The van der Waals surface area contributed by atoms with E-state index in [-0.39, 0.29) is 29.4 Å². The number of carbonyl (C=O) groups is 1. The van der Waals surface area contributed by atoms with Gasteiger partial charge in [-0.3, -0.25) is 14.3 Å². The predicted octanol–water partition coefficient (Wildman–Crippen LogP) is 3.78. The number of allylic oxidation sites excluding steroid dienone is 1. The zero-order chi connectivity index (χ0) is 28.1. The Hall–Kier alpha value is -3.92. The lowest BCUT2D eigenvalue weighted by molar-refractivity contribution is 0.0579. The normalized spacial score (nSPS) is 19.6. The summed E-state index contributed by atoms with van der Waals surface area (Å²) in [6.07, 6.45) is 8.72. The first-order valence-electron chi connectivity index (χ1n) is 13.4. The Morgan fingerprint density at radius 1 is 1.23 bits per heavy atom. The van der Waals surface area contributed by atoms with Crippen molar-refractivity contribution in [3.63, 3.8) is 0 Å². The molecular weight excluding hydrogens is 496 g/mol. The van der Waals surface area contributed by atoms with Crippen LogP contribution in [0, 0.1) is 11.8 Å². The summed E-state index contributed by atoms with van der Waals surface area (Å²) in [5.74, 6) is 0.623. The molecule has 1 amide bonds. The Labute approximate surface area is 226 Å². The summed E-state index contributed by atoms with van der Waals surface area (Å²) < 4.78 is 9.84. The SMILES string of the molecule is CCNC(=O)c1cc2c(-c3cc4nn(CC(C)(C)O)cc4nc3OC3C(C)C=CCC3C)cn(C)c(=O)c2[nH]1. The van der Waals surface area contributed by atoms with Gasteiger partial charge < -0.3 is 24.7 Å². The van der Waals surface area contributed by atoms with Gasteiger partial charge in [0.15, 0.2) is 0 Å². The predicted molar refractivity (Wildman–Crippen MR) is 151 cm³/mol. The number of amides is 1. The van der Waals surface area contributed by atoms with Gasteiger partial charge >= 0.3 is 0 Å². The third-order valence-corrected chi connectivity index (χ3v) is 7.16. The number of hydrogen-bond acceptors (Lipinski definition) is 6. The molecule has 0 bridgehead atoms. The number of pyridine rings is 2. The number of nitrogens with zero attached hydrogens (tertiary/aromatic N) is 4. The molecule has 0 aliphatic heterocycles. The first kappa shape index (κ1) is 26.7. The molecule has 3 N–H and O–H groups in total. The summed E-state index contributed by atoms with van der Waals surface area (Å²) in [6, 6.07) is 3.61. The number of aliphatic hydroxyl groups is 1. The van der Waals surface area contributed by atoms with E-state index < -0.39 is 5.60 Å². The van der Waals surface area contributed by atoms with Gasteiger partial charge in [0.2, 0.25) is 5.88 Å². The second-order valence-electron chi connectivity index (χ2n) is 11.3. The monoisotopic (exact) mass is 532 g/mol. The van der Waals surface area contributed by atoms with Crippen molar-refractivity contribution in [1.29, 1.82) is 0 Å². The number of H-pyrrole nitrogens is 1. The van der Waals surface area contributed by atoms with Crippen molar-refractivity contribution in [2.24, 2.45) is 18.9 Å². The minimum atomic E-state index is -0.950. The molecule has 3 atom stereocenters. The van der Waals surface area contributed by atoms with E-state index >= 15 is 0 Å². The maximum atomic E-state index is 13.0.